The van der Waals surface area contributed by atoms with Crippen LogP contribution in [0.15, 0.2) is 0 Å². The van der Waals surface area contributed by atoms with E-state index in [1.165, 1.54) is 26.2 Å². The maximum atomic E-state index is 11.5. The molecule has 1 aliphatic rings. The Morgan fingerprint density at radius 1 is 1.22 bits per heavy atom. The molecule has 1 saturated heterocycles. The van der Waals surface area contributed by atoms with E-state index in [-0.39, 0.29) is 0 Å². The van der Waals surface area contributed by atoms with Crippen molar-refractivity contribution in [1.29, 1.82) is 0 Å². The van der Waals surface area contributed by atoms with Crippen molar-refractivity contribution in [3.8, 4) is 0 Å². The van der Waals surface area contributed by atoms with Gasteiger partial charge in [-0.25, -0.2) is 0 Å². The Morgan fingerprint density at radius 2 is 1.83 bits per heavy atom. The van der Waals surface area contributed by atoms with Crippen molar-refractivity contribution in [3.05, 3.63) is 0 Å². The number of carboxylic acid groups (broad SMARTS) is 1. The number of nitrogens with one attached hydrogen (secondary N) is 1. The van der Waals surface area contributed by atoms with Gasteiger partial charge in [-0.05, 0) is 38.8 Å². The summed E-state index contributed by atoms with van der Waals surface area (Å²) in [5.41, 5.74) is 0. The fourth-order valence-corrected chi connectivity index (χ4v) is 2.19. The summed E-state index contributed by atoms with van der Waals surface area (Å²) < 4.78 is 0. The number of carbonyl (C=O) groups excluding carboxylic acids is 1. The summed E-state index contributed by atoms with van der Waals surface area (Å²) in [5.74, 6) is -2.08. The van der Waals surface area contributed by atoms with Crippen molar-refractivity contribution in [2.75, 3.05) is 26.2 Å². The standard InChI is InChI=1S/C13H24N2O3/c1-10(9-15-6-4-3-5-7-15)8-14-12(16)11(2)13(17)18/h10-11H,3-9H2,1-2H3,(H,14,16)(H,17,18). The molecule has 2 N–H and O–H groups in total. The quantitative estimate of drug-likeness (QED) is 0.694. The zero-order valence-corrected chi connectivity index (χ0v) is 11.3. The van der Waals surface area contributed by atoms with Gasteiger partial charge in [-0.1, -0.05) is 13.3 Å². The number of amides is 1. The van der Waals surface area contributed by atoms with Gasteiger partial charge in [0.25, 0.3) is 0 Å². The molecule has 1 heterocycles. The van der Waals surface area contributed by atoms with E-state index in [1.807, 2.05) is 0 Å². The van der Waals surface area contributed by atoms with Gasteiger partial charge in [0.1, 0.15) is 5.92 Å². The molecule has 1 fully saturated rings. The van der Waals surface area contributed by atoms with Crippen LogP contribution in [-0.4, -0.2) is 48.1 Å². The first-order chi connectivity index (χ1) is 8.50. The highest BCUT2D eigenvalue weighted by Gasteiger charge is 2.21. The lowest BCUT2D eigenvalue weighted by Crippen LogP contribution is -2.40. The smallest absolute Gasteiger partial charge is 0.315 e. The number of nitrogens with zero attached hydrogens (tertiary/aromatic N) is 1. The Kier molecular flexibility index (Phi) is 6.12. The predicted octanol–water partition coefficient (Wildman–Crippen LogP) is 0.945. The molecule has 0 aromatic rings. The molecule has 0 aliphatic carbocycles. The predicted molar refractivity (Wildman–Crippen MR) is 69.3 cm³/mol. The maximum Gasteiger partial charge on any atom is 0.315 e. The number of likely N-dealkylation sites (tertiary alicyclic amines) is 1. The monoisotopic (exact) mass is 256 g/mol. The van der Waals surface area contributed by atoms with Crippen LogP contribution in [0.25, 0.3) is 0 Å². The van der Waals surface area contributed by atoms with Gasteiger partial charge in [-0.15, -0.1) is 0 Å². The minimum atomic E-state index is -1.07. The second-order valence-corrected chi connectivity index (χ2v) is 5.27. The van der Waals surface area contributed by atoms with E-state index in [0.717, 1.165) is 19.6 Å². The van der Waals surface area contributed by atoms with Gasteiger partial charge in [0.2, 0.25) is 5.91 Å². The van der Waals surface area contributed by atoms with Crippen molar-refractivity contribution in [3.63, 3.8) is 0 Å². The molecule has 2 unspecified atom stereocenters. The van der Waals surface area contributed by atoms with Gasteiger partial charge in [0.05, 0.1) is 0 Å². The largest absolute Gasteiger partial charge is 0.481 e. The first-order valence-electron chi connectivity index (χ1n) is 6.73. The Hall–Kier alpha value is -1.10. The average Bonchev–Trinajstić information content (AvgIpc) is 2.36. The van der Waals surface area contributed by atoms with Crippen LogP contribution in [0.4, 0.5) is 0 Å². The summed E-state index contributed by atoms with van der Waals surface area (Å²) in [7, 11) is 0. The molecule has 0 saturated carbocycles. The minimum Gasteiger partial charge on any atom is -0.481 e. The normalized spacial score (nSPS) is 20.1. The van der Waals surface area contributed by atoms with Crippen molar-refractivity contribution in [2.24, 2.45) is 11.8 Å². The summed E-state index contributed by atoms with van der Waals surface area (Å²) in [4.78, 5) is 24.5. The van der Waals surface area contributed by atoms with Gasteiger partial charge < -0.3 is 15.3 Å². The maximum absolute atomic E-state index is 11.5. The van der Waals surface area contributed by atoms with Crippen LogP contribution in [0, 0.1) is 11.8 Å². The van der Waals surface area contributed by atoms with E-state index < -0.39 is 17.8 Å². The Labute approximate surface area is 109 Å². The Bertz CT molecular complexity index is 288. The molecule has 0 radical (unpaired) electrons. The number of hydrogen-bond acceptors (Lipinski definition) is 3. The van der Waals surface area contributed by atoms with E-state index in [9.17, 15) is 9.59 Å². The molecular weight excluding hydrogens is 232 g/mol. The fourth-order valence-electron chi connectivity index (χ4n) is 2.19. The molecule has 1 rings (SSSR count). The van der Waals surface area contributed by atoms with Gasteiger partial charge in [-0.3, -0.25) is 9.59 Å². The highest BCUT2D eigenvalue weighted by molar-refractivity contribution is 5.96. The first-order valence-corrected chi connectivity index (χ1v) is 6.73. The van der Waals surface area contributed by atoms with E-state index in [4.69, 9.17) is 5.11 Å². The molecule has 104 valence electrons. The second-order valence-electron chi connectivity index (χ2n) is 5.27. The molecule has 1 aliphatic heterocycles. The lowest BCUT2D eigenvalue weighted by atomic mass is 10.1. The zero-order chi connectivity index (χ0) is 13.5. The molecule has 0 bridgehead atoms. The highest BCUT2D eigenvalue weighted by Crippen LogP contribution is 2.10. The fraction of sp³-hybridized carbons (Fsp3) is 0.846. The minimum absolute atomic E-state index is 0.355. The van der Waals surface area contributed by atoms with E-state index in [2.05, 4.69) is 17.1 Å². The molecule has 0 aromatic heterocycles. The Balaban J connectivity index is 2.21. The van der Waals surface area contributed by atoms with E-state index >= 15 is 0 Å². The number of rotatable bonds is 6. The number of carboxylic acids is 1. The number of hydrogen-bond donors (Lipinski definition) is 2. The molecule has 0 aromatic carbocycles. The van der Waals surface area contributed by atoms with Crippen molar-refractivity contribution in [2.45, 2.75) is 33.1 Å². The third kappa shape index (κ3) is 5.04. The van der Waals surface area contributed by atoms with Crippen molar-refractivity contribution < 1.29 is 14.7 Å². The average molecular weight is 256 g/mol. The second kappa shape index (κ2) is 7.36. The van der Waals surface area contributed by atoms with Crippen LogP contribution in [0.5, 0.6) is 0 Å². The molecule has 0 spiro atoms. The molecule has 5 heteroatoms. The third-order valence-electron chi connectivity index (χ3n) is 3.41. The zero-order valence-electron chi connectivity index (χ0n) is 11.3. The summed E-state index contributed by atoms with van der Waals surface area (Å²) >= 11 is 0. The molecule has 1 amide bonds. The molecule has 18 heavy (non-hydrogen) atoms. The summed E-state index contributed by atoms with van der Waals surface area (Å²) in [6, 6.07) is 0. The van der Waals surface area contributed by atoms with Crippen LogP contribution in [-0.2, 0) is 9.59 Å². The number of piperidine rings is 1. The Morgan fingerprint density at radius 3 is 2.39 bits per heavy atom. The van der Waals surface area contributed by atoms with Gasteiger partial charge in [-0.2, -0.15) is 0 Å². The molecule has 2 atom stereocenters. The van der Waals surface area contributed by atoms with Crippen LogP contribution in [0.2, 0.25) is 0 Å². The van der Waals surface area contributed by atoms with Crippen LogP contribution < -0.4 is 5.32 Å². The summed E-state index contributed by atoms with van der Waals surface area (Å²) in [5, 5.41) is 11.4. The van der Waals surface area contributed by atoms with Crippen molar-refractivity contribution >= 4 is 11.9 Å². The topological polar surface area (TPSA) is 69.6 Å². The van der Waals surface area contributed by atoms with E-state index in [1.54, 1.807) is 0 Å². The number of carbonyl (C=O) groups is 2. The molecule has 5 nitrogen and oxygen atoms in total. The van der Waals surface area contributed by atoms with Crippen LogP contribution in [0.3, 0.4) is 0 Å². The van der Waals surface area contributed by atoms with Gasteiger partial charge in [0, 0.05) is 13.1 Å². The van der Waals surface area contributed by atoms with Crippen molar-refractivity contribution in [1.82, 2.24) is 10.2 Å². The summed E-state index contributed by atoms with van der Waals surface area (Å²) in [6.45, 7) is 7.30. The summed E-state index contributed by atoms with van der Waals surface area (Å²) in [6.07, 6.45) is 3.84. The number of aliphatic carboxylic acids is 1. The van der Waals surface area contributed by atoms with E-state index in [0.29, 0.717) is 12.5 Å². The van der Waals surface area contributed by atoms with Gasteiger partial charge in [0.15, 0.2) is 0 Å². The molecular formula is C13H24N2O3. The SMILES string of the molecule is CC(CNC(=O)C(C)C(=O)O)CN1CCCCC1. The third-order valence-corrected chi connectivity index (χ3v) is 3.41. The highest BCUT2D eigenvalue weighted by atomic mass is 16.4. The van der Waals surface area contributed by atoms with Crippen LogP contribution in [0.1, 0.15) is 33.1 Å². The lowest BCUT2D eigenvalue weighted by molar-refractivity contribution is -0.146. The first kappa shape index (κ1) is 15.0. The van der Waals surface area contributed by atoms with Crippen LogP contribution >= 0.6 is 0 Å². The lowest BCUT2D eigenvalue weighted by Gasteiger charge is -2.29. The van der Waals surface area contributed by atoms with Gasteiger partial charge >= 0.3 is 5.97 Å².